The maximum absolute atomic E-state index is 11.8. The Balaban J connectivity index is 1.55. The zero-order valence-electron chi connectivity index (χ0n) is 14.3. The molecule has 1 amide bonds. The normalized spacial score (nSPS) is 15.0. The molecule has 0 atom stereocenters. The monoisotopic (exact) mass is 333 g/mol. The Morgan fingerprint density at radius 3 is 2.83 bits per heavy atom. The molecule has 0 aromatic heterocycles. The Kier molecular flexibility index (Phi) is 7.71. The van der Waals surface area contributed by atoms with E-state index in [9.17, 15) is 9.59 Å². The van der Waals surface area contributed by atoms with Crippen LogP contribution in [0.3, 0.4) is 0 Å². The fourth-order valence-corrected chi connectivity index (χ4v) is 2.60. The summed E-state index contributed by atoms with van der Waals surface area (Å²) in [6.07, 6.45) is 1.11. The maximum atomic E-state index is 11.8. The van der Waals surface area contributed by atoms with Gasteiger partial charge in [-0.2, -0.15) is 0 Å². The quantitative estimate of drug-likeness (QED) is 0.522. The minimum absolute atomic E-state index is 0.0179. The van der Waals surface area contributed by atoms with Crippen molar-refractivity contribution < 1.29 is 14.3 Å². The number of carbonyl (C=O) groups is 2. The minimum Gasteiger partial charge on any atom is -0.494 e. The van der Waals surface area contributed by atoms with Crippen molar-refractivity contribution in [2.45, 2.75) is 19.8 Å². The average Bonchev–Trinajstić information content (AvgIpc) is 2.60. The molecule has 1 aliphatic heterocycles. The van der Waals surface area contributed by atoms with E-state index in [0.717, 1.165) is 32.7 Å². The smallest absolute Gasteiger partial charge is 0.220 e. The molecule has 1 heterocycles. The lowest BCUT2D eigenvalue weighted by Crippen LogP contribution is -2.46. The first-order valence-electron chi connectivity index (χ1n) is 8.59. The standard InChI is InChI=1S/C18H27N3O3/c1-15(22)16-4-2-5-17(14-16)24-13-3-6-18(23)20-9-12-21-10-7-19-8-11-21/h2,4-5,14,19H,3,6-13H2,1H3,(H,20,23). The van der Waals surface area contributed by atoms with E-state index in [1.165, 1.54) is 6.92 Å². The number of rotatable bonds is 9. The van der Waals surface area contributed by atoms with Crippen LogP contribution >= 0.6 is 0 Å². The van der Waals surface area contributed by atoms with Crippen molar-refractivity contribution in [2.75, 3.05) is 45.9 Å². The van der Waals surface area contributed by atoms with Gasteiger partial charge in [-0.25, -0.2) is 0 Å². The highest BCUT2D eigenvalue weighted by Crippen LogP contribution is 2.14. The van der Waals surface area contributed by atoms with Gasteiger partial charge in [0.05, 0.1) is 6.61 Å². The van der Waals surface area contributed by atoms with Crippen molar-refractivity contribution in [2.24, 2.45) is 0 Å². The maximum Gasteiger partial charge on any atom is 0.220 e. The van der Waals surface area contributed by atoms with Crippen LogP contribution < -0.4 is 15.4 Å². The summed E-state index contributed by atoms with van der Waals surface area (Å²) in [6.45, 7) is 7.73. The lowest BCUT2D eigenvalue weighted by molar-refractivity contribution is -0.121. The van der Waals surface area contributed by atoms with Gasteiger partial charge < -0.3 is 15.4 Å². The number of piperazine rings is 1. The van der Waals surface area contributed by atoms with Crippen molar-refractivity contribution >= 4 is 11.7 Å². The molecule has 1 saturated heterocycles. The number of hydrogen-bond donors (Lipinski definition) is 2. The molecule has 132 valence electrons. The van der Waals surface area contributed by atoms with E-state index in [0.29, 0.717) is 37.3 Å². The van der Waals surface area contributed by atoms with Crippen LogP contribution in [0.2, 0.25) is 0 Å². The van der Waals surface area contributed by atoms with Gasteiger partial charge in [0.1, 0.15) is 5.75 Å². The first-order valence-corrected chi connectivity index (χ1v) is 8.59. The molecular weight excluding hydrogens is 306 g/mol. The summed E-state index contributed by atoms with van der Waals surface area (Å²) in [5, 5.41) is 6.26. The van der Waals surface area contributed by atoms with E-state index in [-0.39, 0.29) is 11.7 Å². The van der Waals surface area contributed by atoms with Crippen molar-refractivity contribution in [1.82, 2.24) is 15.5 Å². The minimum atomic E-state index is 0.0179. The molecule has 0 radical (unpaired) electrons. The zero-order chi connectivity index (χ0) is 17.2. The summed E-state index contributed by atoms with van der Waals surface area (Å²) in [6, 6.07) is 7.12. The number of amides is 1. The average molecular weight is 333 g/mol. The van der Waals surface area contributed by atoms with Crippen molar-refractivity contribution in [3.05, 3.63) is 29.8 Å². The van der Waals surface area contributed by atoms with E-state index in [2.05, 4.69) is 15.5 Å². The van der Waals surface area contributed by atoms with Gasteiger partial charge >= 0.3 is 0 Å². The lowest BCUT2D eigenvalue weighted by Gasteiger charge is -2.27. The van der Waals surface area contributed by atoms with Crippen LogP contribution in [0.5, 0.6) is 5.75 Å². The SMILES string of the molecule is CC(=O)c1cccc(OCCCC(=O)NCCN2CCNCC2)c1. The topological polar surface area (TPSA) is 70.7 Å². The molecule has 24 heavy (non-hydrogen) atoms. The van der Waals surface area contributed by atoms with Crippen molar-refractivity contribution in [1.29, 1.82) is 0 Å². The molecule has 1 aromatic carbocycles. The molecule has 1 aromatic rings. The molecule has 2 N–H and O–H groups in total. The third kappa shape index (κ3) is 6.68. The number of ether oxygens (including phenoxy) is 1. The van der Waals surface area contributed by atoms with Gasteiger partial charge in [0.2, 0.25) is 5.91 Å². The molecule has 2 rings (SSSR count). The number of ketones is 1. The predicted molar refractivity (Wildman–Crippen MR) is 93.5 cm³/mol. The van der Waals surface area contributed by atoms with E-state index < -0.39 is 0 Å². The van der Waals surface area contributed by atoms with Crippen LogP contribution in [0, 0.1) is 0 Å². The molecule has 6 heteroatoms. The fraction of sp³-hybridized carbons (Fsp3) is 0.556. The highest BCUT2D eigenvalue weighted by molar-refractivity contribution is 5.94. The number of benzene rings is 1. The predicted octanol–water partition coefficient (Wildman–Crippen LogP) is 1.07. The Hall–Kier alpha value is -1.92. The second kappa shape index (κ2) is 10.1. The van der Waals surface area contributed by atoms with E-state index >= 15 is 0 Å². The lowest BCUT2D eigenvalue weighted by atomic mass is 10.1. The van der Waals surface area contributed by atoms with Gasteiger partial charge in [0.25, 0.3) is 0 Å². The van der Waals surface area contributed by atoms with E-state index in [1.807, 2.05) is 6.07 Å². The summed E-state index contributed by atoms with van der Waals surface area (Å²) in [7, 11) is 0. The number of nitrogens with zero attached hydrogens (tertiary/aromatic N) is 1. The van der Waals surface area contributed by atoms with E-state index in [1.54, 1.807) is 18.2 Å². The van der Waals surface area contributed by atoms with Crippen molar-refractivity contribution in [3.63, 3.8) is 0 Å². The van der Waals surface area contributed by atoms with Crippen LogP contribution in [0.4, 0.5) is 0 Å². The first-order chi connectivity index (χ1) is 11.6. The van der Waals surface area contributed by atoms with Gasteiger partial charge in [-0.1, -0.05) is 12.1 Å². The molecule has 0 spiro atoms. The van der Waals surface area contributed by atoms with E-state index in [4.69, 9.17) is 4.74 Å². The van der Waals surface area contributed by atoms with Crippen LogP contribution in [0.15, 0.2) is 24.3 Å². The van der Waals surface area contributed by atoms with Gasteiger partial charge in [-0.15, -0.1) is 0 Å². The second-order valence-electron chi connectivity index (χ2n) is 5.98. The van der Waals surface area contributed by atoms with Crippen LogP contribution in [-0.2, 0) is 4.79 Å². The summed E-state index contributed by atoms with van der Waals surface area (Å²) < 4.78 is 5.60. The summed E-state index contributed by atoms with van der Waals surface area (Å²) >= 11 is 0. The molecule has 1 aliphatic rings. The molecule has 6 nitrogen and oxygen atoms in total. The molecule has 0 unspecified atom stereocenters. The number of carbonyl (C=O) groups excluding carboxylic acids is 2. The number of nitrogens with one attached hydrogen (secondary N) is 2. The third-order valence-corrected chi connectivity index (χ3v) is 4.02. The van der Waals surface area contributed by atoms with Gasteiger partial charge in [0, 0.05) is 51.3 Å². The van der Waals surface area contributed by atoms with Crippen molar-refractivity contribution in [3.8, 4) is 5.75 Å². The first kappa shape index (κ1) is 18.4. The fourth-order valence-electron chi connectivity index (χ4n) is 2.60. The summed E-state index contributed by atoms with van der Waals surface area (Å²) in [5.41, 5.74) is 0.637. The number of hydrogen-bond acceptors (Lipinski definition) is 5. The molecule has 0 aliphatic carbocycles. The Bertz CT molecular complexity index is 542. The van der Waals surface area contributed by atoms with Gasteiger partial charge in [-0.05, 0) is 25.5 Å². The Labute approximate surface area is 143 Å². The third-order valence-electron chi connectivity index (χ3n) is 4.02. The van der Waals surface area contributed by atoms with Crippen LogP contribution in [0.1, 0.15) is 30.1 Å². The molecular formula is C18H27N3O3. The Morgan fingerprint density at radius 1 is 1.29 bits per heavy atom. The molecule has 1 fully saturated rings. The highest BCUT2D eigenvalue weighted by atomic mass is 16.5. The van der Waals surface area contributed by atoms with Crippen LogP contribution in [-0.4, -0.2) is 62.5 Å². The number of Topliss-reactive ketones (excluding diaryl/α,β-unsaturated/α-hetero) is 1. The largest absolute Gasteiger partial charge is 0.494 e. The molecule has 0 saturated carbocycles. The summed E-state index contributed by atoms with van der Waals surface area (Å²) in [5.74, 6) is 0.748. The zero-order valence-corrected chi connectivity index (χ0v) is 14.3. The molecule has 0 bridgehead atoms. The highest BCUT2D eigenvalue weighted by Gasteiger charge is 2.09. The second-order valence-corrected chi connectivity index (χ2v) is 5.98. The van der Waals surface area contributed by atoms with Crippen LogP contribution in [0.25, 0.3) is 0 Å². The van der Waals surface area contributed by atoms with Gasteiger partial charge in [-0.3, -0.25) is 14.5 Å². The van der Waals surface area contributed by atoms with Gasteiger partial charge in [0.15, 0.2) is 5.78 Å². The Morgan fingerprint density at radius 2 is 2.08 bits per heavy atom. The summed E-state index contributed by atoms with van der Waals surface area (Å²) in [4.78, 5) is 25.5.